The molecule has 0 bridgehead atoms. The number of nitrogens with two attached hydrogens (primary N) is 1. The summed E-state index contributed by atoms with van der Waals surface area (Å²) in [6.07, 6.45) is 0.914. The first-order valence-corrected chi connectivity index (χ1v) is 7.28. The summed E-state index contributed by atoms with van der Waals surface area (Å²) in [6, 6.07) is 8.29. The molecule has 2 aromatic rings. The summed E-state index contributed by atoms with van der Waals surface area (Å²) in [5.41, 5.74) is 10.8. The Bertz CT molecular complexity index is 703. The fraction of sp³-hybridized carbons (Fsp3) is 0.294. The van der Waals surface area contributed by atoms with Crippen LogP contribution in [0.2, 0.25) is 0 Å². The lowest BCUT2D eigenvalue weighted by molar-refractivity contribution is 0.314. The fourth-order valence-corrected chi connectivity index (χ4v) is 2.88. The van der Waals surface area contributed by atoms with E-state index >= 15 is 0 Å². The number of hydrogen-bond acceptors (Lipinski definition) is 4. The van der Waals surface area contributed by atoms with Crippen LogP contribution >= 0.6 is 0 Å². The summed E-state index contributed by atoms with van der Waals surface area (Å²) >= 11 is 0. The third-order valence-electron chi connectivity index (χ3n) is 4.07. The number of benzene rings is 2. The number of nitrogens with zero attached hydrogens (tertiary/aromatic N) is 1. The van der Waals surface area contributed by atoms with Crippen molar-refractivity contribution in [1.82, 2.24) is 4.90 Å². The Kier molecular flexibility index (Phi) is 3.90. The van der Waals surface area contributed by atoms with E-state index in [1.54, 1.807) is 13.2 Å². The van der Waals surface area contributed by atoms with Crippen LogP contribution in [0.15, 0.2) is 30.3 Å². The summed E-state index contributed by atoms with van der Waals surface area (Å²) in [5, 5.41) is 3.30. The summed E-state index contributed by atoms with van der Waals surface area (Å²) < 4.78 is 18.8. The maximum atomic E-state index is 13.5. The largest absolute Gasteiger partial charge is 0.495 e. The number of methoxy groups -OCH3 is 1. The highest BCUT2D eigenvalue weighted by atomic mass is 19.1. The van der Waals surface area contributed by atoms with E-state index in [1.165, 1.54) is 17.7 Å². The van der Waals surface area contributed by atoms with Gasteiger partial charge in [-0.1, -0.05) is 0 Å². The first-order chi connectivity index (χ1) is 10.6. The van der Waals surface area contributed by atoms with E-state index in [0.717, 1.165) is 36.4 Å². The average molecular weight is 301 g/mol. The topological polar surface area (TPSA) is 50.5 Å². The van der Waals surface area contributed by atoms with Crippen LogP contribution in [0.5, 0.6) is 5.75 Å². The molecule has 0 saturated carbocycles. The standard InChI is InChI=1S/C17H20FN3O/c1-21-8-7-12-13(10-21)14(19)4-5-15(12)20-16-9-11(18)3-6-17(16)22-2/h3-6,9,20H,7-8,10,19H2,1-2H3. The van der Waals surface area contributed by atoms with E-state index in [1.807, 2.05) is 12.1 Å². The highest BCUT2D eigenvalue weighted by Gasteiger charge is 2.19. The molecule has 0 aliphatic carbocycles. The third-order valence-corrected chi connectivity index (χ3v) is 4.07. The first kappa shape index (κ1) is 14.7. The van der Waals surface area contributed by atoms with Gasteiger partial charge in [-0.2, -0.15) is 0 Å². The van der Waals surface area contributed by atoms with E-state index in [-0.39, 0.29) is 5.82 Å². The number of nitrogen functional groups attached to an aromatic ring is 1. The molecule has 0 atom stereocenters. The van der Waals surface area contributed by atoms with Crippen molar-refractivity contribution in [2.24, 2.45) is 0 Å². The number of hydrogen-bond donors (Lipinski definition) is 2. The lowest BCUT2D eigenvalue weighted by Gasteiger charge is -2.28. The number of rotatable bonds is 3. The zero-order valence-corrected chi connectivity index (χ0v) is 12.8. The molecule has 22 heavy (non-hydrogen) atoms. The Balaban J connectivity index is 2.00. The highest BCUT2D eigenvalue weighted by Crippen LogP contribution is 2.34. The van der Waals surface area contributed by atoms with E-state index in [0.29, 0.717) is 11.4 Å². The smallest absolute Gasteiger partial charge is 0.142 e. The lowest BCUT2D eigenvalue weighted by Crippen LogP contribution is -2.27. The molecule has 1 aliphatic rings. The molecule has 1 aliphatic heterocycles. The molecule has 116 valence electrons. The molecule has 3 N–H and O–H groups in total. The van der Waals surface area contributed by atoms with E-state index in [9.17, 15) is 4.39 Å². The van der Waals surface area contributed by atoms with E-state index in [4.69, 9.17) is 10.5 Å². The molecule has 0 spiro atoms. The maximum Gasteiger partial charge on any atom is 0.142 e. The zero-order valence-electron chi connectivity index (χ0n) is 12.8. The Hall–Kier alpha value is -2.27. The molecule has 0 aromatic heterocycles. The van der Waals surface area contributed by atoms with Gasteiger partial charge >= 0.3 is 0 Å². The Morgan fingerprint density at radius 2 is 2.00 bits per heavy atom. The number of likely N-dealkylation sites (N-methyl/N-ethyl adjacent to an activating group) is 1. The van der Waals surface area contributed by atoms with Gasteiger partial charge in [-0.15, -0.1) is 0 Å². The van der Waals surface area contributed by atoms with Crippen LogP contribution in [0, 0.1) is 5.82 Å². The molecular weight excluding hydrogens is 281 g/mol. The monoisotopic (exact) mass is 301 g/mol. The van der Waals surface area contributed by atoms with Crippen molar-refractivity contribution >= 4 is 17.1 Å². The Labute approximate surface area is 129 Å². The second-order valence-electron chi connectivity index (χ2n) is 5.62. The molecule has 3 rings (SSSR count). The molecule has 0 fully saturated rings. The molecular formula is C17H20FN3O. The predicted molar refractivity (Wildman–Crippen MR) is 87.1 cm³/mol. The SMILES string of the molecule is COc1ccc(F)cc1Nc1ccc(N)c2c1CCN(C)C2. The van der Waals surface area contributed by atoms with E-state index in [2.05, 4.69) is 17.3 Å². The summed E-state index contributed by atoms with van der Waals surface area (Å²) in [4.78, 5) is 2.24. The molecule has 2 aromatic carbocycles. The highest BCUT2D eigenvalue weighted by molar-refractivity contribution is 5.73. The zero-order chi connectivity index (χ0) is 15.7. The van der Waals surface area contributed by atoms with E-state index < -0.39 is 0 Å². The van der Waals surface area contributed by atoms with Crippen LogP contribution in [0.4, 0.5) is 21.5 Å². The van der Waals surface area contributed by atoms with Crippen LogP contribution in [0.1, 0.15) is 11.1 Å². The molecule has 0 saturated heterocycles. The molecule has 1 heterocycles. The number of anilines is 3. The van der Waals surface area contributed by atoms with Gasteiger partial charge in [-0.3, -0.25) is 0 Å². The van der Waals surface area contributed by atoms with Crippen LogP contribution in [0.25, 0.3) is 0 Å². The minimum absolute atomic E-state index is 0.299. The molecule has 0 unspecified atom stereocenters. The summed E-state index contributed by atoms with van der Waals surface area (Å²) in [5.74, 6) is 0.312. The fourth-order valence-electron chi connectivity index (χ4n) is 2.88. The first-order valence-electron chi connectivity index (χ1n) is 7.28. The third kappa shape index (κ3) is 2.72. The quantitative estimate of drug-likeness (QED) is 0.855. The van der Waals surface area contributed by atoms with Gasteiger partial charge in [0.1, 0.15) is 11.6 Å². The minimum Gasteiger partial charge on any atom is -0.495 e. The predicted octanol–water partition coefficient (Wildman–Crippen LogP) is 3.15. The van der Waals surface area contributed by atoms with Crippen molar-refractivity contribution in [3.8, 4) is 5.75 Å². The van der Waals surface area contributed by atoms with Gasteiger partial charge < -0.3 is 20.7 Å². The van der Waals surface area contributed by atoms with Crippen molar-refractivity contribution in [3.05, 3.63) is 47.3 Å². The number of nitrogens with one attached hydrogen (secondary N) is 1. The second kappa shape index (κ2) is 5.85. The van der Waals surface area contributed by atoms with Crippen LogP contribution in [0.3, 0.4) is 0 Å². The van der Waals surface area contributed by atoms with Crippen LogP contribution in [-0.4, -0.2) is 25.6 Å². The van der Waals surface area contributed by atoms with Gasteiger partial charge in [0.25, 0.3) is 0 Å². The van der Waals surface area contributed by atoms with Crippen molar-refractivity contribution in [2.75, 3.05) is 31.8 Å². The number of fused-ring (bicyclic) bond motifs is 1. The van der Waals surface area contributed by atoms with Crippen molar-refractivity contribution in [3.63, 3.8) is 0 Å². The molecule has 4 nitrogen and oxygen atoms in total. The second-order valence-corrected chi connectivity index (χ2v) is 5.62. The van der Waals surface area contributed by atoms with Crippen LogP contribution in [-0.2, 0) is 13.0 Å². The number of ether oxygens (including phenoxy) is 1. The van der Waals surface area contributed by atoms with Gasteiger partial charge in [0, 0.05) is 30.5 Å². The van der Waals surface area contributed by atoms with Gasteiger partial charge in [-0.25, -0.2) is 4.39 Å². The maximum absolute atomic E-state index is 13.5. The Morgan fingerprint density at radius 3 is 2.77 bits per heavy atom. The summed E-state index contributed by atoms with van der Waals surface area (Å²) in [7, 11) is 3.66. The van der Waals surface area contributed by atoms with Crippen molar-refractivity contribution in [1.29, 1.82) is 0 Å². The van der Waals surface area contributed by atoms with Crippen LogP contribution < -0.4 is 15.8 Å². The van der Waals surface area contributed by atoms with Gasteiger partial charge in [0.15, 0.2) is 0 Å². The summed E-state index contributed by atoms with van der Waals surface area (Å²) in [6.45, 7) is 1.81. The van der Waals surface area contributed by atoms with Crippen molar-refractivity contribution in [2.45, 2.75) is 13.0 Å². The minimum atomic E-state index is -0.299. The Morgan fingerprint density at radius 1 is 1.18 bits per heavy atom. The molecule has 5 heteroatoms. The number of halogens is 1. The lowest BCUT2D eigenvalue weighted by atomic mass is 9.96. The van der Waals surface area contributed by atoms with Gasteiger partial charge in [0.2, 0.25) is 0 Å². The normalized spacial score (nSPS) is 14.5. The molecule has 0 radical (unpaired) electrons. The van der Waals surface area contributed by atoms with Gasteiger partial charge in [0.05, 0.1) is 12.8 Å². The van der Waals surface area contributed by atoms with Gasteiger partial charge in [-0.05, 0) is 48.9 Å². The average Bonchev–Trinajstić information content (AvgIpc) is 2.50. The molecule has 0 amide bonds. The van der Waals surface area contributed by atoms with Crippen molar-refractivity contribution < 1.29 is 9.13 Å².